The van der Waals surface area contributed by atoms with Crippen molar-refractivity contribution in [1.29, 1.82) is 0 Å². The highest BCUT2D eigenvalue weighted by molar-refractivity contribution is 7.92. The van der Waals surface area contributed by atoms with E-state index in [1.807, 2.05) is 0 Å². The molecule has 0 aliphatic heterocycles. The molecule has 1 N–H and O–H groups in total. The van der Waals surface area contributed by atoms with Crippen molar-refractivity contribution >= 4 is 9.84 Å². The maximum Gasteiger partial charge on any atom is 0.153 e. The molecule has 1 unspecified atom stereocenters. The van der Waals surface area contributed by atoms with Gasteiger partial charge in [0.25, 0.3) is 0 Å². The van der Waals surface area contributed by atoms with Crippen molar-refractivity contribution in [1.82, 2.24) is 10.2 Å². The van der Waals surface area contributed by atoms with Gasteiger partial charge in [0, 0.05) is 25.4 Å². The molecule has 0 aromatic carbocycles. The van der Waals surface area contributed by atoms with Crippen LogP contribution >= 0.6 is 0 Å². The molecule has 0 aliphatic carbocycles. The van der Waals surface area contributed by atoms with E-state index in [-0.39, 0.29) is 0 Å². The molecule has 0 bridgehead atoms. The van der Waals surface area contributed by atoms with E-state index in [1.54, 1.807) is 13.8 Å². The first-order valence-electron chi connectivity index (χ1n) is 5.71. The Labute approximate surface area is 100 Å². The zero-order valence-corrected chi connectivity index (χ0v) is 12.2. The molecule has 0 saturated carbocycles. The summed E-state index contributed by atoms with van der Waals surface area (Å²) >= 11 is 0. The van der Waals surface area contributed by atoms with Gasteiger partial charge in [-0.2, -0.15) is 0 Å². The van der Waals surface area contributed by atoms with Gasteiger partial charge in [-0.05, 0) is 34.4 Å². The molecule has 0 aromatic rings. The summed E-state index contributed by atoms with van der Waals surface area (Å²) in [7, 11) is -0.953. The molecule has 98 valence electrons. The summed E-state index contributed by atoms with van der Waals surface area (Å²) in [4.78, 5) is 2.20. The average molecular weight is 250 g/mol. The largest absolute Gasteiger partial charge is 0.311 e. The van der Waals surface area contributed by atoms with Crippen molar-refractivity contribution in [2.24, 2.45) is 0 Å². The third-order valence-electron chi connectivity index (χ3n) is 3.01. The molecule has 0 spiro atoms. The van der Waals surface area contributed by atoms with E-state index in [2.05, 4.69) is 31.1 Å². The number of hydrogen-bond acceptors (Lipinski definition) is 4. The predicted octanol–water partition coefficient (Wildman–Crippen LogP) is 0.739. The molecule has 0 radical (unpaired) electrons. The molecule has 1 atom stereocenters. The Morgan fingerprint density at radius 3 is 2.25 bits per heavy atom. The van der Waals surface area contributed by atoms with Crippen molar-refractivity contribution in [3.05, 3.63) is 0 Å². The lowest BCUT2D eigenvalue weighted by atomic mass is 10.2. The fourth-order valence-corrected chi connectivity index (χ4v) is 1.56. The van der Waals surface area contributed by atoms with Crippen LogP contribution in [0.3, 0.4) is 0 Å². The molecule has 0 amide bonds. The van der Waals surface area contributed by atoms with E-state index in [1.165, 1.54) is 6.26 Å². The minimum absolute atomic E-state index is 0.297. The van der Waals surface area contributed by atoms with Crippen LogP contribution in [0.1, 0.15) is 27.7 Å². The monoisotopic (exact) mass is 250 g/mol. The van der Waals surface area contributed by atoms with Crippen LogP contribution in [0.4, 0.5) is 0 Å². The number of rotatable bonds is 7. The molecule has 16 heavy (non-hydrogen) atoms. The van der Waals surface area contributed by atoms with E-state index in [9.17, 15) is 8.42 Å². The smallest absolute Gasteiger partial charge is 0.153 e. The van der Waals surface area contributed by atoms with Gasteiger partial charge in [-0.1, -0.05) is 6.92 Å². The number of sulfone groups is 1. The lowest BCUT2D eigenvalue weighted by molar-refractivity contribution is 0.306. The topological polar surface area (TPSA) is 49.4 Å². The second kappa shape index (κ2) is 5.98. The fraction of sp³-hybridized carbons (Fsp3) is 1.00. The molecular weight excluding hydrogens is 224 g/mol. The summed E-state index contributed by atoms with van der Waals surface area (Å²) in [5.74, 6) is 0. The van der Waals surface area contributed by atoms with Gasteiger partial charge in [-0.3, -0.25) is 0 Å². The van der Waals surface area contributed by atoms with Crippen LogP contribution in [-0.4, -0.2) is 57.0 Å². The molecule has 0 heterocycles. The second-order valence-corrected chi connectivity index (χ2v) is 7.82. The average Bonchev–Trinajstić information content (AvgIpc) is 2.13. The predicted molar refractivity (Wildman–Crippen MR) is 69.6 cm³/mol. The summed E-state index contributed by atoms with van der Waals surface area (Å²) in [6.07, 6.45) is 1.29. The molecular formula is C11H26N2O2S. The third-order valence-corrected chi connectivity index (χ3v) is 5.16. The normalized spacial score (nSPS) is 15.4. The van der Waals surface area contributed by atoms with E-state index < -0.39 is 14.6 Å². The van der Waals surface area contributed by atoms with Gasteiger partial charge in [-0.15, -0.1) is 0 Å². The van der Waals surface area contributed by atoms with Crippen LogP contribution < -0.4 is 5.32 Å². The highest BCUT2D eigenvalue weighted by Gasteiger charge is 2.30. The van der Waals surface area contributed by atoms with Crippen LogP contribution in [0.5, 0.6) is 0 Å². The van der Waals surface area contributed by atoms with E-state index in [0.717, 1.165) is 13.1 Å². The Morgan fingerprint density at radius 1 is 1.38 bits per heavy atom. The van der Waals surface area contributed by atoms with E-state index in [4.69, 9.17) is 0 Å². The lowest BCUT2D eigenvalue weighted by Gasteiger charge is -2.27. The highest BCUT2D eigenvalue weighted by Crippen LogP contribution is 2.13. The van der Waals surface area contributed by atoms with Crippen LogP contribution in [0, 0.1) is 0 Å². The quantitative estimate of drug-likeness (QED) is 0.724. The van der Waals surface area contributed by atoms with Gasteiger partial charge in [0.1, 0.15) is 0 Å². The van der Waals surface area contributed by atoms with Gasteiger partial charge in [-0.25, -0.2) is 8.42 Å². The van der Waals surface area contributed by atoms with Crippen LogP contribution in [-0.2, 0) is 9.84 Å². The summed E-state index contributed by atoms with van der Waals surface area (Å²) < 4.78 is 22.3. The summed E-state index contributed by atoms with van der Waals surface area (Å²) in [5, 5.41) is 3.27. The zero-order chi connectivity index (χ0) is 13.0. The van der Waals surface area contributed by atoms with Crippen molar-refractivity contribution in [3.63, 3.8) is 0 Å². The molecule has 4 nitrogen and oxygen atoms in total. The standard InChI is InChI=1S/C11H26N2O2S/c1-7-13(5)8-10(2)12-9-11(3,4)16(6,14)15/h10,12H,7-9H2,1-6H3. The van der Waals surface area contributed by atoms with Crippen molar-refractivity contribution in [2.45, 2.75) is 38.5 Å². The Balaban J connectivity index is 4.15. The number of hydrogen-bond donors (Lipinski definition) is 1. The maximum absolute atomic E-state index is 11.5. The van der Waals surface area contributed by atoms with Gasteiger partial charge < -0.3 is 10.2 Å². The molecule has 0 rings (SSSR count). The van der Waals surface area contributed by atoms with Gasteiger partial charge >= 0.3 is 0 Å². The maximum atomic E-state index is 11.5. The van der Waals surface area contributed by atoms with Gasteiger partial charge in [0.05, 0.1) is 4.75 Å². The van der Waals surface area contributed by atoms with E-state index >= 15 is 0 Å². The van der Waals surface area contributed by atoms with Crippen LogP contribution in [0.15, 0.2) is 0 Å². The summed E-state index contributed by atoms with van der Waals surface area (Å²) in [6, 6.07) is 0.297. The Bertz CT molecular complexity index is 299. The minimum atomic E-state index is -3.01. The highest BCUT2D eigenvalue weighted by atomic mass is 32.2. The summed E-state index contributed by atoms with van der Waals surface area (Å²) in [6.45, 7) is 10.1. The van der Waals surface area contributed by atoms with Gasteiger partial charge in [0.2, 0.25) is 0 Å². The zero-order valence-electron chi connectivity index (χ0n) is 11.4. The molecule has 0 aliphatic rings. The first-order chi connectivity index (χ1) is 7.10. The lowest BCUT2D eigenvalue weighted by Crippen LogP contribution is -2.47. The Morgan fingerprint density at radius 2 is 1.88 bits per heavy atom. The molecule has 0 aromatic heterocycles. The SMILES string of the molecule is CCN(C)CC(C)NCC(C)(C)S(C)(=O)=O. The van der Waals surface area contributed by atoms with Crippen LogP contribution in [0.2, 0.25) is 0 Å². The fourth-order valence-electron chi connectivity index (χ4n) is 1.21. The second-order valence-electron chi connectivity index (χ2n) is 5.17. The number of likely N-dealkylation sites (N-methyl/N-ethyl adjacent to an activating group) is 1. The van der Waals surface area contributed by atoms with Gasteiger partial charge in [0.15, 0.2) is 9.84 Å². The minimum Gasteiger partial charge on any atom is -0.311 e. The number of nitrogens with one attached hydrogen (secondary N) is 1. The Kier molecular flexibility index (Phi) is 5.93. The van der Waals surface area contributed by atoms with E-state index in [0.29, 0.717) is 12.6 Å². The third kappa shape index (κ3) is 5.27. The van der Waals surface area contributed by atoms with Crippen molar-refractivity contribution in [2.75, 3.05) is 32.9 Å². The molecule has 0 saturated heterocycles. The first kappa shape index (κ1) is 15.9. The molecule has 0 fully saturated rings. The number of nitrogens with zero attached hydrogens (tertiary/aromatic N) is 1. The Hall–Kier alpha value is -0.130. The summed E-state index contributed by atoms with van der Waals surface area (Å²) in [5.41, 5.74) is 0. The van der Waals surface area contributed by atoms with Crippen LogP contribution in [0.25, 0.3) is 0 Å². The molecule has 5 heteroatoms. The first-order valence-corrected chi connectivity index (χ1v) is 7.61. The van der Waals surface area contributed by atoms with Crippen molar-refractivity contribution < 1.29 is 8.42 Å². The van der Waals surface area contributed by atoms with Crippen molar-refractivity contribution in [3.8, 4) is 0 Å².